The van der Waals surface area contributed by atoms with Crippen molar-refractivity contribution < 1.29 is 9.84 Å². The molecule has 2 atom stereocenters. The molecule has 1 saturated heterocycles. The maximum absolute atomic E-state index is 9.36. The summed E-state index contributed by atoms with van der Waals surface area (Å²) < 4.78 is 5.51. The van der Waals surface area contributed by atoms with Gasteiger partial charge in [-0.05, 0) is 38.0 Å². The van der Waals surface area contributed by atoms with Gasteiger partial charge in [-0.25, -0.2) is 0 Å². The van der Waals surface area contributed by atoms with Gasteiger partial charge >= 0.3 is 0 Å². The Balaban J connectivity index is 1.96. The van der Waals surface area contributed by atoms with E-state index in [-0.39, 0.29) is 0 Å². The van der Waals surface area contributed by atoms with Crippen LogP contribution in [0.25, 0.3) is 0 Å². The fourth-order valence-electron chi connectivity index (χ4n) is 1.81. The van der Waals surface area contributed by atoms with Crippen LogP contribution in [-0.2, 0) is 4.74 Å². The predicted octanol–water partition coefficient (Wildman–Crippen LogP) is 3.05. The van der Waals surface area contributed by atoms with E-state index in [9.17, 15) is 5.11 Å². The van der Waals surface area contributed by atoms with Crippen molar-refractivity contribution in [2.24, 2.45) is 0 Å². The summed E-state index contributed by atoms with van der Waals surface area (Å²) in [6.07, 6.45) is 2.57. The van der Waals surface area contributed by atoms with E-state index in [1.165, 1.54) is 0 Å². The molecule has 1 aliphatic heterocycles. The van der Waals surface area contributed by atoms with Gasteiger partial charge in [0.2, 0.25) is 0 Å². The molecule has 1 N–H and O–H groups in total. The monoisotopic (exact) mass is 224 g/mol. The van der Waals surface area contributed by atoms with Gasteiger partial charge in [0.25, 0.3) is 0 Å². The number of thioether (sulfide) groups is 1. The third-order valence-electron chi connectivity index (χ3n) is 2.56. The van der Waals surface area contributed by atoms with Crippen molar-refractivity contribution in [3.8, 4) is 5.75 Å². The number of phenols is 1. The standard InChI is InChI=1S/C12H16O2S/c1-9-7-12(5-6-14-9)15-11-4-2-3-10(13)8-11/h2-4,8-9,12-13H,5-7H2,1H3/t9-,12-/m1/s1. The number of hydrogen-bond donors (Lipinski definition) is 1. The molecule has 0 amide bonds. The molecule has 3 heteroatoms. The van der Waals surface area contributed by atoms with Crippen molar-refractivity contribution in [2.75, 3.05) is 6.61 Å². The van der Waals surface area contributed by atoms with Crippen LogP contribution in [0.5, 0.6) is 5.75 Å². The van der Waals surface area contributed by atoms with Crippen LogP contribution in [-0.4, -0.2) is 23.1 Å². The number of benzene rings is 1. The van der Waals surface area contributed by atoms with Gasteiger partial charge in [0.15, 0.2) is 0 Å². The summed E-state index contributed by atoms with van der Waals surface area (Å²) in [4.78, 5) is 1.15. The van der Waals surface area contributed by atoms with Gasteiger partial charge in [-0.2, -0.15) is 0 Å². The Hall–Kier alpha value is -0.670. The summed E-state index contributed by atoms with van der Waals surface area (Å²) in [5.41, 5.74) is 0. The first-order valence-corrected chi connectivity index (χ1v) is 6.19. The number of aromatic hydroxyl groups is 1. The maximum Gasteiger partial charge on any atom is 0.116 e. The number of ether oxygens (including phenoxy) is 1. The van der Waals surface area contributed by atoms with Gasteiger partial charge in [0, 0.05) is 16.8 Å². The van der Waals surface area contributed by atoms with Crippen LogP contribution in [0.4, 0.5) is 0 Å². The summed E-state index contributed by atoms with van der Waals surface area (Å²) in [6.45, 7) is 2.98. The highest BCUT2D eigenvalue weighted by molar-refractivity contribution is 8.00. The van der Waals surface area contributed by atoms with Crippen molar-refractivity contribution in [3.63, 3.8) is 0 Å². The van der Waals surface area contributed by atoms with Crippen LogP contribution in [0.1, 0.15) is 19.8 Å². The molecule has 1 heterocycles. The maximum atomic E-state index is 9.36. The summed E-state index contributed by atoms with van der Waals surface area (Å²) in [7, 11) is 0. The van der Waals surface area contributed by atoms with Gasteiger partial charge in [-0.3, -0.25) is 0 Å². The molecule has 0 radical (unpaired) electrons. The van der Waals surface area contributed by atoms with Crippen LogP contribution in [0.2, 0.25) is 0 Å². The number of hydrogen-bond acceptors (Lipinski definition) is 3. The average molecular weight is 224 g/mol. The van der Waals surface area contributed by atoms with Crippen LogP contribution in [0, 0.1) is 0 Å². The van der Waals surface area contributed by atoms with E-state index in [0.29, 0.717) is 17.1 Å². The third kappa shape index (κ3) is 3.14. The van der Waals surface area contributed by atoms with Gasteiger partial charge in [0.1, 0.15) is 5.75 Å². The zero-order valence-electron chi connectivity index (χ0n) is 8.85. The lowest BCUT2D eigenvalue weighted by Gasteiger charge is -2.26. The van der Waals surface area contributed by atoms with Crippen molar-refractivity contribution in [3.05, 3.63) is 24.3 Å². The van der Waals surface area contributed by atoms with E-state index in [0.717, 1.165) is 24.3 Å². The fraction of sp³-hybridized carbons (Fsp3) is 0.500. The minimum Gasteiger partial charge on any atom is -0.508 e. The normalized spacial score (nSPS) is 26.5. The second-order valence-corrected chi connectivity index (χ2v) is 5.32. The number of rotatable bonds is 2. The molecule has 0 aromatic heterocycles. The molecule has 0 bridgehead atoms. The zero-order chi connectivity index (χ0) is 10.7. The molecule has 1 fully saturated rings. The Labute approximate surface area is 94.6 Å². The van der Waals surface area contributed by atoms with Crippen molar-refractivity contribution in [1.82, 2.24) is 0 Å². The van der Waals surface area contributed by atoms with E-state index in [1.54, 1.807) is 6.07 Å². The third-order valence-corrected chi connectivity index (χ3v) is 3.84. The highest BCUT2D eigenvalue weighted by Gasteiger charge is 2.20. The van der Waals surface area contributed by atoms with Gasteiger partial charge in [0.05, 0.1) is 6.10 Å². The highest BCUT2D eigenvalue weighted by atomic mass is 32.2. The van der Waals surface area contributed by atoms with Crippen molar-refractivity contribution in [1.29, 1.82) is 0 Å². The first kappa shape index (κ1) is 10.8. The van der Waals surface area contributed by atoms with Crippen LogP contribution < -0.4 is 0 Å². The van der Waals surface area contributed by atoms with E-state index < -0.39 is 0 Å². The van der Waals surface area contributed by atoms with E-state index >= 15 is 0 Å². The zero-order valence-corrected chi connectivity index (χ0v) is 9.67. The highest BCUT2D eigenvalue weighted by Crippen LogP contribution is 2.32. The topological polar surface area (TPSA) is 29.5 Å². The molecule has 0 spiro atoms. The minimum atomic E-state index is 0.347. The summed E-state index contributed by atoms with van der Waals surface area (Å²) in [6, 6.07) is 7.46. The van der Waals surface area contributed by atoms with E-state index in [2.05, 4.69) is 6.92 Å². The SMILES string of the molecule is C[C@@H]1C[C@H](Sc2cccc(O)c2)CCO1. The first-order valence-electron chi connectivity index (χ1n) is 5.31. The summed E-state index contributed by atoms with van der Waals surface area (Å²) in [5.74, 6) is 0.347. The summed E-state index contributed by atoms with van der Waals surface area (Å²) in [5, 5.41) is 9.98. The molecule has 82 valence electrons. The van der Waals surface area contributed by atoms with Crippen LogP contribution in [0.15, 0.2) is 29.2 Å². The Morgan fingerprint density at radius 1 is 1.47 bits per heavy atom. The minimum absolute atomic E-state index is 0.347. The van der Waals surface area contributed by atoms with E-state index in [4.69, 9.17) is 4.74 Å². The molecule has 0 unspecified atom stereocenters. The van der Waals surface area contributed by atoms with E-state index in [1.807, 2.05) is 30.0 Å². The average Bonchev–Trinajstić information content (AvgIpc) is 2.17. The molecule has 15 heavy (non-hydrogen) atoms. The fourth-order valence-corrected chi connectivity index (χ4v) is 3.13. The van der Waals surface area contributed by atoms with Gasteiger partial charge in [-0.1, -0.05) is 6.07 Å². The molecular formula is C12H16O2S. The Morgan fingerprint density at radius 2 is 2.33 bits per heavy atom. The van der Waals surface area contributed by atoms with Crippen molar-refractivity contribution in [2.45, 2.75) is 36.0 Å². The molecule has 0 saturated carbocycles. The quantitative estimate of drug-likeness (QED) is 0.837. The smallest absolute Gasteiger partial charge is 0.116 e. The van der Waals surface area contributed by atoms with Crippen LogP contribution in [0.3, 0.4) is 0 Å². The molecule has 2 rings (SSSR count). The molecule has 1 aromatic rings. The van der Waals surface area contributed by atoms with Crippen molar-refractivity contribution >= 4 is 11.8 Å². The lowest BCUT2D eigenvalue weighted by atomic mass is 10.1. The second kappa shape index (κ2) is 4.90. The number of phenolic OH excluding ortho intramolecular Hbond substituents is 1. The van der Waals surface area contributed by atoms with Gasteiger partial charge in [-0.15, -0.1) is 11.8 Å². The summed E-state index contributed by atoms with van der Waals surface area (Å²) >= 11 is 1.84. The second-order valence-electron chi connectivity index (χ2n) is 3.94. The Morgan fingerprint density at radius 3 is 3.07 bits per heavy atom. The molecule has 0 aliphatic carbocycles. The lowest BCUT2D eigenvalue weighted by Crippen LogP contribution is -2.24. The molecular weight excluding hydrogens is 208 g/mol. The largest absolute Gasteiger partial charge is 0.508 e. The Bertz CT molecular complexity index is 327. The van der Waals surface area contributed by atoms with Crippen LogP contribution >= 0.6 is 11.8 Å². The molecule has 2 nitrogen and oxygen atoms in total. The van der Waals surface area contributed by atoms with Gasteiger partial charge < -0.3 is 9.84 Å². The predicted molar refractivity (Wildman–Crippen MR) is 62.4 cm³/mol. The first-order chi connectivity index (χ1) is 7.24. The molecule has 1 aromatic carbocycles. The lowest BCUT2D eigenvalue weighted by molar-refractivity contribution is 0.0314. The molecule has 1 aliphatic rings. The Kier molecular flexibility index (Phi) is 3.54.